The van der Waals surface area contributed by atoms with Gasteiger partial charge in [0, 0.05) is 0 Å². The maximum atomic E-state index is 5.75. The first-order valence-electron chi connectivity index (χ1n) is 3.54. The van der Waals surface area contributed by atoms with Crippen molar-refractivity contribution in [2.24, 2.45) is 0 Å². The number of nitrogens with two attached hydrogens (primary N) is 1. The first kappa shape index (κ1) is 9.32. The Kier molecular flexibility index (Phi) is 2.57. The highest BCUT2D eigenvalue weighted by molar-refractivity contribution is 9.10. The van der Waals surface area contributed by atoms with Crippen molar-refractivity contribution in [1.82, 2.24) is 4.98 Å². The van der Waals surface area contributed by atoms with Crippen LogP contribution in [-0.4, -0.2) is 12.1 Å². The van der Waals surface area contributed by atoms with Crippen molar-refractivity contribution in [3.8, 4) is 5.88 Å². The summed E-state index contributed by atoms with van der Waals surface area (Å²) in [5.41, 5.74) is 8.42. The fourth-order valence-electron chi connectivity index (χ4n) is 0.906. The number of hydrogen-bond acceptors (Lipinski definition) is 3. The highest BCUT2D eigenvalue weighted by atomic mass is 79.9. The van der Waals surface area contributed by atoms with Gasteiger partial charge in [-0.1, -0.05) is 0 Å². The Morgan fingerprint density at radius 3 is 2.42 bits per heavy atom. The molecule has 1 heterocycles. The normalized spacial score (nSPS) is 10.0. The highest BCUT2D eigenvalue weighted by Gasteiger charge is 2.09. The van der Waals surface area contributed by atoms with Crippen LogP contribution in [0.15, 0.2) is 4.60 Å². The first-order valence-corrected chi connectivity index (χ1v) is 4.33. The van der Waals surface area contributed by atoms with Crippen molar-refractivity contribution in [2.45, 2.75) is 13.8 Å². The third kappa shape index (κ3) is 1.39. The highest BCUT2D eigenvalue weighted by Crippen LogP contribution is 2.29. The summed E-state index contributed by atoms with van der Waals surface area (Å²) in [6.07, 6.45) is 0. The summed E-state index contributed by atoms with van der Waals surface area (Å²) in [6.45, 7) is 3.90. The van der Waals surface area contributed by atoms with Gasteiger partial charge in [-0.05, 0) is 40.9 Å². The quantitative estimate of drug-likeness (QED) is 0.752. The second-order valence-electron chi connectivity index (χ2n) is 2.58. The van der Waals surface area contributed by atoms with Gasteiger partial charge in [-0.2, -0.15) is 0 Å². The van der Waals surface area contributed by atoms with Crippen LogP contribution in [0.2, 0.25) is 0 Å². The van der Waals surface area contributed by atoms with Crippen molar-refractivity contribution < 1.29 is 4.74 Å². The lowest BCUT2D eigenvalue weighted by molar-refractivity contribution is 0.399. The van der Waals surface area contributed by atoms with E-state index in [1.54, 1.807) is 7.11 Å². The van der Waals surface area contributed by atoms with E-state index in [1.807, 2.05) is 13.8 Å². The van der Waals surface area contributed by atoms with Crippen LogP contribution in [0.4, 0.5) is 5.69 Å². The van der Waals surface area contributed by atoms with E-state index in [1.165, 1.54) is 0 Å². The molecule has 66 valence electrons. The standard InChI is InChI=1S/C8H11BrN2O/c1-4-5(2)7(9)11-8(12-3)6(4)10/h10H2,1-3H3. The van der Waals surface area contributed by atoms with Gasteiger partial charge in [0.15, 0.2) is 0 Å². The van der Waals surface area contributed by atoms with Crippen LogP contribution in [-0.2, 0) is 0 Å². The molecule has 0 radical (unpaired) electrons. The smallest absolute Gasteiger partial charge is 0.238 e. The third-order valence-electron chi connectivity index (χ3n) is 1.90. The summed E-state index contributed by atoms with van der Waals surface area (Å²) < 4.78 is 5.78. The SMILES string of the molecule is COc1nc(Br)c(C)c(C)c1N. The molecule has 0 spiro atoms. The number of nitrogen functional groups attached to an aromatic ring is 1. The monoisotopic (exact) mass is 230 g/mol. The van der Waals surface area contributed by atoms with Gasteiger partial charge in [0.25, 0.3) is 0 Å². The van der Waals surface area contributed by atoms with E-state index in [2.05, 4.69) is 20.9 Å². The second kappa shape index (κ2) is 3.31. The summed E-state index contributed by atoms with van der Waals surface area (Å²) in [6, 6.07) is 0. The van der Waals surface area contributed by atoms with Crippen LogP contribution in [0.3, 0.4) is 0 Å². The zero-order valence-electron chi connectivity index (χ0n) is 7.31. The van der Waals surface area contributed by atoms with Gasteiger partial charge < -0.3 is 10.5 Å². The van der Waals surface area contributed by atoms with E-state index in [4.69, 9.17) is 10.5 Å². The number of pyridine rings is 1. The van der Waals surface area contributed by atoms with Crippen LogP contribution >= 0.6 is 15.9 Å². The largest absolute Gasteiger partial charge is 0.479 e. The lowest BCUT2D eigenvalue weighted by Crippen LogP contribution is -2.00. The zero-order chi connectivity index (χ0) is 9.30. The van der Waals surface area contributed by atoms with Crippen molar-refractivity contribution in [1.29, 1.82) is 0 Å². The summed E-state index contributed by atoms with van der Waals surface area (Å²) in [5, 5.41) is 0. The van der Waals surface area contributed by atoms with Gasteiger partial charge in [0.05, 0.1) is 12.8 Å². The molecule has 1 aromatic heterocycles. The van der Waals surface area contributed by atoms with Crippen LogP contribution in [0, 0.1) is 13.8 Å². The molecule has 0 unspecified atom stereocenters. The zero-order valence-corrected chi connectivity index (χ0v) is 8.90. The molecule has 0 aromatic carbocycles. The number of methoxy groups -OCH3 is 1. The number of hydrogen-bond donors (Lipinski definition) is 1. The van der Waals surface area contributed by atoms with Crippen molar-refractivity contribution in [3.63, 3.8) is 0 Å². The predicted molar refractivity (Wildman–Crippen MR) is 52.4 cm³/mol. The molecular weight excluding hydrogens is 220 g/mol. The summed E-state index contributed by atoms with van der Waals surface area (Å²) in [4.78, 5) is 4.12. The summed E-state index contributed by atoms with van der Waals surface area (Å²) in [5.74, 6) is 0.477. The molecule has 0 aliphatic carbocycles. The summed E-state index contributed by atoms with van der Waals surface area (Å²) >= 11 is 3.33. The van der Waals surface area contributed by atoms with E-state index < -0.39 is 0 Å². The number of halogens is 1. The van der Waals surface area contributed by atoms with Crippen molar-refractivity contribution >= 4 is 21.6 Å². The van der Waals surface area contributed by atoms with Gasteiger partial charge in [-0.25, -0.2) is 4.98 Å². The molecule has 3 nitrogen and oxygen atoms in total. The lowest BCUT2D eigenvalue weighted by Gasteiger charge is -2.09. The van der Waals surface area contributed by atoms with Crippen molar-refractivity contribution in [2.75, 3.05) is 12.8 Å². The Balaban J connectivity index is 3.39. The molecule has 12 heavy (non-hydrogen) atoms. The van der Waals surface area contributed by atoms with E-state index >= 15 is 0 Å². The summed E-state index contributed by atoms with van der Waals surface area (Å²) in [7, 11) is 1.56. The number of rotatable bonds is 1. The van der Waals surface area contributed by atoms with Gasteiger partial charge in [-0.15, -0.1) is 0 Å². The second-order valence-corrected chi connectivity index (χ2v) is 3.33. The minimum absolute atomic E-state index is 0.477. The van der Waals surface area contributed by atoms with E-state index in [9.17, 15) is 0 Å². The van der Waals surface area contributed by atoms with Crippen molar-refractivity contribution in [3.05, 3.63) is 15.7 Å². The Morgan fingerprint density at radius 1 is 1.33 bits per heavy atom. The average molecular weight is 231 g/mol. The topological polar surface area (TPSA) is 48.1 Å². The van der Waals surface area contributed by atoms with E-state index in [0.717, 1.165) is 15.7 Å². The van der Waals surface area contributed by atoms with Crippen LogP contribution in [0.5, 0.6) is 5.88 Å². The minimum atomic E-state index is 0.477. The molecule has 0 aliphatic heterocycles. The van der Waals surface area contributed by atoms with Crippen LogP contribution in [0.25, 0.3) is 0 Å². The molecule has 0 fully saturated rings. The van der Waals surface area contributed by atoms with Gasteiger partial charge >= 0.3 is 0 Å². The molecule has 1 aromatic rings. The van der Waals surface area contributed by atoms with Crippen LogP contribution < -0.4 is 10.5 Å². The number of ether oxygens (including phenoxy) is 1. The lowest BCUT2D eigenvalue weighted by atomic mass is 10.1. The number of anilines is 1. The Hall–Kier alpha value is -0.770. The van der Waals surface area contributed by atoms with Crippen LogP contribution in [0.1, 0.15) is 11.1 Å². The molecule has 0 saturated heterocycles. The van der Waals surface area contributed by atoms with Gasteiger partial charge in [0.2, 0.25) is 5.88 Å². The molecule has 4 heteroatoms. The fraction of sp³-hybridized carbons (Fsp3) is 0.375. The van der Waals surface area contributed by atoms with Gasteiger partial charge in [0.1, 0.15) is 4.60 Å². The first-order chi connectivity index (χ1) is 5.57. The molecule has 0 atom stereocenters. The molecule has 0 saturated carbocycles. The molecule has 0 aliphatic rings. The minimum Gasteiger partial charge on any atom is -0.479 e. The number of nitrogens with zero attached hydrogens (tertiary/aromatic N) is 1. The molecule has 1 rings (SSSR count). The Bertz CT molecular complexity index is 312. The molecule has 2 N–H and O–H groups in total. The van der Waals surface area contributed by atoms with E-state index in [-0.39, 0.29) is 0 Å². The maximum absolute atomic E-state index is 5.75. The molecular formula is C8H11BrN2O. The van der Waals surface area contributed by atoms with E-state index in [0.29, 0.717) is 11.6 Å². The van der Waals surface area contributed by atoms with Gasteiger partial charge in [-0.3, -0.25) is 0 Å². The maximum Gasteiger partial charge on any atom is 0.238 e. The predicted octanol–water partition coefficient (Wildman–Crippen LogP) is 2.05. The third-order valence-corrected chi connectivity index (χ3v) is 2.67. The number of aromatic nitrogens is 1. The molecule has 0 amide bonds. The molecule has 0 bridgehead atoms. The fourth-order valence-corrected chi connectivity index (χ4v) is 1.36. The Labute approximate surface area is 80.1 Å². The average Bonchev–Trinajstić information content (AvgIpc) is 2.08. The Morgan fingerprint density at radius 2 is 1.92 bits per heavy atom.